The van der Waals surface area contributed by atoms with E-state index in [9.17, 15) is 17.6 Å². The molecule has 0 saturated heterocycles. The summed E-state index contributed by atoms with van der Waals surface area (Å²) in [7, 11) is 0. The quantitative estimate of drug-likeness (QED) is 0.143. The maximum Gasteiger partial charge on any atom is 0.248 e. The summed E-state index contributed by atoms with van der Waals surface area (Å²) >= 11 is 0. The smallest absolute Gasteiger partial charge is 0.248 e. The Morgan fingerprint density at radius 1 is 0.392 bits per heavy atom. The van der Waals surface area contributed by atoms with Crippen molar-refractivity contribution >= 4 is 5.69 Å². The van der Waals surface area contributed by atoms with Gasteiger partial charge in [0.15, 0.2) is 11.6 Å². The minimum atomic E-state index is -0.331. The van der Waals surface area contributed by atoms with E-state index in [0.29, 0.717) is 34.6 Å². The first-order valence-corrected chi connectivity index (χ1v) is 15.5. The summed E-state index contributed by atoms with van der Waals surface area (Å²) in [4.78, 5) is 0. The molecule has 51 heavy (non-hydrogen) atoms. The minimum Gasteiger partial charge on any atom is -0.416 e. The zero-order chi connectivity index (χ0) is 35.6. The van der Waals surface area contributed by atoms with E-state index in [4.69, 9.17) is 10.2 Å². The number of rotatable bonds is 5. The number of aromatic nitrogens is 5. The van der Waals surface area contributed by atoms with Crippen molar-refractivity contribution in [3.63, 3.8) is 0 Å². The van der Waals surface area contributed by atoms with Gasteiger partial charge in [0, 0.05) is 33.6 Å². The monoisotopic (exact) mass is 684 g/mol. The van der Waals surface area contributed by atoms with Gasteiger partial charge < -0.3 is 10.2 Å². The van der Waals surface area contributed by atoms with E-state index in [1.54, 1.807) is 48.5 Å². The number of nitrogens with two attached hydrogens (primary N) is 1. The van der Waals surface area contributed by atoms with Gasteiger partial charge in [-0.2, -0.15) is 0 Å². The summed E-state index contributed by atoms with van der Waals surface area (Å²) in [6.45, 7) is 0. The lowest BCUT2D eigenvalue weighted by Gasteiger charge is -2.10. The van der Waals surface area contributed by atoms with Crippen LogP contribution in [0.15, 0.2) is 162 Å². The molecule has 0 fully saturated rings. The molecule has 6 aromatic carbocycles. The number of nitrogens with zero attached hydrogens (tertiary/aromatic N) is 5. The van der Waals surface area contributed by atoms with E-state index in [-0.39, 0.29) is 23.3 Å². The maximum absolute atomic E-state index is 13.3. The van der Waals surface area contributed by atoms with E-state index in [1.165, 1.54) is 48.5 Å². The van der Waals surface area contributed by atoms with Crippen LogP contribution < -0.4 is 5.73 Å². The predicted octanol–water partition coefficient (Wildman–Crippen LogP) is 9.83. The molecule has 8 aromatic rings. The van der Waals surface area contributed by atoms with Crippen molar-refractivity contribution in [1.29, 1.82) is 0 Å². The van der Waals surface area contributed by atoms with Gasteiger partial charge in [0.25, 0.3) is 0 Å². The highest BCUT2D eigenvalue weighted by Crippen LogP contribution is 2.29. The highest BCUT2D eigenvalue weighted by molar-refractivity contribution is 5.66. The molecule has 252 valence electrons. The number of halogens is 4. The lowest BCUT2D eigenvalue weighted by atomic mass is 10.1. The standard InChI is InChI=1S/C20H13F2N3.C14H8F2N2O.C6H7N/c21-16-10-6-14(7-11-16)19-23-24-20(15-8-12-17(22)13-9-15)25(19)18-4-2-1-3-5-18;15-11-5-1-9(2-6-11)13-17-18-14(19-13)10-3-7-12(16)8-4-10;7-6-4-2-1-3-5-6/h1-13H;1-8H;1-5H,7H2. The number of hydrogen-bond donors (Lipinski definition) is 1. The van der Waals surface area contributed by atoms with Crippen molar-refractivity contribution in [3.8, 4) is 51.4 Å². The molecule has 0 radical (unpaired) electrons. The Kier molecular flexibility index (Phi) is 10.7. The summed E-state index contributed by atoms with van der Waals surface area (Å²) < 4.78 is 59.5. The van der Waals surface area contributed by atoms with Gasteiger partial charge in [0.2, 0.25) is 11.8 Å². The fraction of sp³-hybridized carbons (Fsp3) is 0. The van der Waals surface area contributed by atoms with Gasteiger partial charge in [-0.3, -0.25) is 4.57 Å². The van der Waals surface area contributed by atoms with Gasteiger partial charge in [-0.05, 0) is 121 Å². The van der Waals surface area contributed by atoms with Crippen molar-refractivity contribution in [2.24, 2.45) is 0 Å². The third kappa shape index (κ3) is 8.78. The van der Waals surface area contributed by atoms with Gasteiger partial charge >= 0.3 is 0 Å². The van der Waals surface area contributed by atoms with Crippen LogP contribution in [0.5, 0.6) is 0 Å². The normalized spacial score (nSPS) is 10.4. The summed E-state index contributed by atoms with van der Waals surface area (Å²) in [5.74, 6) is 0.473. The van der Waals surface area contributed by atoms with Crippen LogP contribution in [0.2, 0.25) is 0 Å². The third-order valence-corrected chi connectivity index (χ3v) is 7.29. The molecule has 8 rings (SSSR count). The van der Waals surface area contributed by atoms with Gasteiger partial charge in [-0.25, -0.2) is 17.6 Å². The van der Waals surface area contributed by atoms with Crippen molar-refractivity contribution in [1.82, 2.24) is 25.0 Å². The summed E-state index contributed by atoms with van der Waals surface area (Å²) in [5, 5.41) is 16.3. The summed E-state index contributed by atoms with van der Waals surface area (Å²) in [6, 6.07) is 42.8. The zero-order valence-electron chi connectivity index (χ0n) is 26.7. The Balaban J connectivity index is 0.000000151. The predicted molar refractivity (Wildman–Crippen MR) is 188 cm³/mol. The number of para-hydroxylation sites is 2. The van der Waals surface area contributed by atoms with Crippen LogP contribution >= 0.6 is 0 Å². The molecule has 2 N–H and O–H groups in total. The molecule has 7 nitrogen and oxygen atoms in total. The molecular weight excluding hydrogens is 656 g/mol. The fourth-order valence-electron chi connectivity index (χ4n) is 4.77. The molecule has 0 atom stereocenters. The number of benzene rings is 6. The molecule has 0 saturated carbocycles. The largest absolute Gasteiger partial charge is 0.416 e. The van der Waals surface area contributed by atoms with Gasteiger partial charge in [0.05, 0.1) is 0 Å². The molecule has 0 amide bonds. The van der Waals surface area contributed by atoms with Crippen LogP contribution in [0.3, 0.4) is 0 Å². The Labute approximate surface area is 290 Å². The molecule has 11 heteroatoms. The number of anilines is 1. The average Bonchev–Trinajstić information content (AvgIpc) is 3.83. The minimum absolute atomic E-state index is 0.291. The molecule has 0 spiro atoms. The Morgan fingerprint density at radius 2 is 0.725 bits per heavy atom. The summed E-state index contributed by atoms with van der Waals surface area (Å²) in [6.07, 6.45) is 0. The summed E-state index contributed by atoms with van der Waals surface area (Å²) in [5.41, 5.74) is 9.78. The van der Waals surface area contributed by atoms with E-state index in [0.717, 1.165) is 22.5 Å². The highest BCUT2D eigenvalue weighted by Gasteiger charge is 2.17. The Bertz CT molecular complexity index is 2150. The lowest BCUT2D eigenvalue weighted by molar-refractivity contribution is 0.583. The molecule has 0 aliphatic rings. The molecule has 2 aromatic heterocycles. The Morgan fingerprint density at radius 3 is 1.06 bits per heavy atom. The molecule has 0 aliphatic carbocycles. The van der Waals surface area contributed by atoms with Crippen LogP contribution in [0.25, 0.3) is 51.4 Å². The number of hydrogen-bond acceptors (Lipinski definition) is 6. The second-order valence-electron chi connectivity index (χ2n) is 10.9. The Hall–Kier alpha value is -6.88. The first-order chi connectivity index (χ1) is 24.8. The van der Waals surface area contributed by atoms with Crippen LogP contribution in [-0.4, -0.2) is 25.0 Å². The fourth-order valence-corrected chi connectivity index (χ4v) is 4.77. The van der Waals surface area contributed by atoms with E-state index < -0.39 is 0 Å². The first-order valence-electron chi connectivity index (χ1n) is 15.5. The van der Waals surface area contributed by atoms with Crippen LogP contribution in [0.4, 0.5) is 23.2 Å². The molecule has 0 unspecified atom stereocenters. The van der Waals surface area contributed by atoms with E-state index in [1.807, 2.05) is 65.2 Å². The third-order valence-electron chi connectivity index (χ3n) is 7.29. The molecule has 0 aliphatic heterocycles. The highest BCUT2D eigenvalue weighted by atomic mass is 19.1. The van der Waals surface area contributed by atoms with Crippen LogP contribution in [0, 0.1) is 23.3 Å². The SMILES string of the molecule is Fc1ccc(-c2nnc(-c3ccc(F)cc3)n2-c2ccccc2)cc1.Fc1ccc(-c2nnc(-c3ccc(F)cc3)o2)cc1.Nc1ccccc1. The maximum atomic E-state index is 13.3. The molecular formula is C40H28F4N6O. The second-order valence-corrected chi connectivity index (χ2v) is 10.9. The van der Waals surface area contributed by atoms with Crippen molar-refractivity contribution in [2.45, 2.75) is 0 Å². The molecule has 0 bridgehead atoms. The van der Waals surface area contributed by atoms with Crippen LogP contribution in [0.1, 0.15) is 0 Å². The topological polar surface area (TPSA) is 95.6 Å². The van der Waals surface area contributed by atoms with Crippen molar-refractivity contribution < 1.29 is 22.0 Å². The second kappa shape index (κ2) is 16.0. The zero-order valence-corrected chi connectivity index (χ0v) is 26.7. The van der Waals surface area contributed by atoms with Gasteiger partial charge in [0.1, 0.15) is 23.3 Å². The van der Waals surface area contributed by atoms with Gasteiger partial charge in [-0.1, -0.05) is 36.4 Å². The van der Waals surface area contributed by atoms with Crippen molar-refractivity contribution in [3.05, 3.63) is 181 Å². The van der Waals surface area contributed by atoms with Crippen LogP contribution in [-0.2, 0) is 0 Å². The first kappa shape index (κ1) is 34.0. The lowest BCUT2D eigenvalue weighted by Crippen LogP contribution is -2.00. The number of nitrogen functional groups attached to an aromatic ring is 1. The van der Waals surface area contributed by atoms with Gasteiger partial charge in [-0.15, -0.1) is 20.4 Å². The van der Waals surface area contributed by atoms with Crippen molar-refractivity contribution in [2.75, 3.05) is 5.73 Å². The van der Waals surface area contributed by atoms with E-state index >= 15 is 0 Å². The average molecular weight is 685 g/mol. The van der Waals surface area contributed by atoms with E-state index in [2.05, 4.69) is 20.4 Å². The molecule has 2 heterocycles.